The molecule has 174 valence electrons. The third kappa shape index (κ3) is 4.51. The number of carbonyl (C=O) groups excluding carboxylic acids is 2. The Hall–Kier alpha value is -3.74. The van der Waals surface area contributed by atoms with E-state index in [1.54, 1.807) is 13.3 Å². The lowest BCUT2D eigenvalue weighted by Gasteiger charge is -2.25. The van der Waals surface area contributed by atoms with Crippen LogP contribution in [0.1, 0.15) is 53.3 Å². The molecule has 0 bridgehead atoms. The van der Waals surface area contributed by atoms with Crippen molar-refractivity contribution in [1.29, 1.82) is 0 Å². The van der Waals surface area contributed by atoms with Crippen LogP contribution in [0.4, 0.5) is 0 Å². The number of aromatic nitrogens is 2. The fourth-order valence-electron chi connectivity index (χ4n) is 4.84. The van der Waals surface area contributed by atoms with Gasteiger partial charge in [-0.25, -0.2) is 9.97 Å². The monoisotopic (exact) mass is 456 g/mol. The van der Waals surface area contributed by atoms with E-state index in [0.717, 1.165) is 48.4 Å². The number of rotatable bonds is 6. The minimum atomic E-state index is -0.0938. The van der Waals surface area contributed by atoms with Crippen molar-refractivity contribution in [2.24, 2.45) is 0 Å². The van der Waals surface area contributed by atoms with Gasteiger partial charge in [0.1, 0.15) is 5.75 Å². The number of nitrogens with zero attached hydrogens (tertiary/aromatic N) is 4. The number of ether oxygens (including phenoxy) is 1. The van der Waals surface area contributed by atoms with Gasteiger partial charge in [0.15, 0.2) is 5.82 Å². The molecule has 2 aromatic carbocycles. The second-order valence-electron chi connectivity index (χ2n) is 8.81. The minimum Gasteiger partial charge on any atom is -0.497 e. The molecule has 3 aromatic rings. The van der Waals surface area contributed by atoms with Gasteiger partial charge in [-0.2, -0.15) is 0 Å². The third-order valence-corrected chi connectivity index (χ3v) is 6.58. The average Bonchev–Trinajstić information content (AvgIpc) is 3.53. The molecule has 3 heterocycles. The Kier molecular flexibility index (Phi) is 6.25. The van der Waals surface area contributed by atoms with Gasteiger partial charge in [0.25, 0.3) is 5.91 Å². The first-order valence-electron chi connectivity index (χ1n) is 11.8. The second kappa shape index (κ2) is 9.63. The quantitative estimate of drug-likeness (QED) is 0.554. The van der Waals surface area contributed by atoms with E-state index in [1.165, 1.54) is 0 Å². The van der Waals surface area contributed by atoms with Crippen molar-refractivity contribution in [3.05, 3.63) is 77.6 Å². The van der Waals surface area contributed by atoms with Gasteiger partial charge in [0.2, 0.25) is 5.91 Å². The van der Waals surface area contributed by atoms with E-state index in [9.17, 15) is 9.59 Å². The zero-order valence-electron chi connectivity index (χ0n) is 19.3. The zero-order chi connectivity index (χ0) is 23.5. The summed E-state index contributed by atoms with van der Waals surface area (Å²) in [7, 11) is 1.64. The lowest BCUT2D eigenvalue weighted by Crippen LogP contribution is -2.31. The number of amides is 2. The Morgan fingerprint density at radius 2 is 1.97 bits per heavy atom. The summed E-state index contributed by atoms with van der Waals surface area (Å²) in [6.07, 6.45) is 5.07. The SMILES string of the molecule is COc1cccc(-c2nccc([C@@H]3CCCN3C(=O)c3cccc(CN4CCCC4=O)c3)n2)c1. The number of methoxy groups -OCH3 is 1. The van der Waals surface area contributed by atoms with Crippen LogP contribution < -0.4 is 4.74 Å². The molecule has 0 unspecified atom stereocenters. The summed E-state index contributed by atoms with van der Waals surface area (Å²) in [6, 6.07) is 17.1. The van der Waals surface area contributed by atoms with E-state index in [-0.39, 0.29) is 17.9 Å². The highest BCUT2D eigenvalue weighted by molar-refractivity contribution is 5.95. The molecule has 2 amide bonds. The van der Waals surface area contributed by atoms with Crippen LogP contribution in [0.25, 0.3) is 11.4 Å². The first-order valence-corrected chi connectivity index (χ1v) is 11.8. The molecular formula is C27H28N4O3. The number of hydrogen-bond acceptors (Lipinski definition) is 5. The summed E-state index contributed by atoms with van der Waals surface area (Å²) in [5.74, 6) is 1.55. The molecule has 1 aromatic heterocycles. The maximum Gasteiger partial charge on any atom is 0.254 e. The van der Waals surface area contributed by atoms with E-state index >= 15 is 0 Å². The normalized spacial score (nSPS) is 17.9. The molecule has 7 nitrogen and oxygen atoms in total. The maximum absolute atomic E-state index is 13.5. The zero-order valence-corrected chi connectivity index (χ0v) is 19.3. The van der Waals surface area contributed by atoms with Gasteiger partial charge in [-0.3, -0.25) is 9.59 Å². The van der Waals surface area contributed by atoms with Gasteiger partial charge in [0, 0.05) is 43.4 Å². The average molecular weight is 457 g/mol. The van der Waals surface area contributed by atoms with Crippen molar-refractivity contribution < 1.29 is 14.3 Å². The van der Waals surface area contributed by atoms with E-state index in [0.29, 0.717) is 30.9 Å². The molecule has 34 heavy (non-hydrogen) atoms. The first-order chi connectivity index (χ1) is 16.6. The Morgan fingerprint density at radius 1 is 1.09 bits per heavy atom. The van der Waals surface area contributed by atoms with Crippen molar-refractivity contribution in [3.8, 4) is 17.1 Å². The molecule has 2 fully saturated rings. The minimum absolute atomic E-state index is 0.00126. The molecular weight excluding hydrogens is 428 g/mol. The van der Waals surface area contributed by atoms with Crippen LogP contribution >= 0.6 is 0 Å². The molecule has 2 saturated heterocycles. The summed E-state index contributed by atoms with van der Waals surface area (Å²) >= 11 is 0. The van der Waals surface area contributed by atoms with Gasteiger partial charge < -0.3 is 14.5 Å². The van der Waals surface area contributed by atoms with Crippen molar-refractivity contribution >= 4 is 11.8 Å². The number of hydrogen-bond donors (Lipinski definition) is 0. The number of carbonyl (C=O) groups is 2. The fraction of sp³-hybridized carbons (Fsp3) is 0.333. The molecule has 2 aliphatic rings. The van der Waals surface area contributed by atoms with Crippen LogP contribution in [-0.2, 0) is 11.3 Å². The second-order valence-corrected chi connectivity index (χ2v) is 8.81. The van der Waals surface area contributed by atoms with E-state index < -0.39 is 0 Å². The highest BCUT2D eigenvalue weighted by atomic mass is 16.5. The molecule has 2 aliphatic heterocycles. The Morgan fingerprint density at radius 3 is 2.79 bits per heavy atom. The Labute approximate surface area is 199 Å². The predicted octanol–water partition coefficient (Wildman–Crippen LogP) is 4.25. The van der Waals surface area contributed by atoms with Crippen molar-refractivity contribution in [2.45, 2.75) is 38.3 Å². The molecule has 7 heteroatoms. The van der Waals surface area contributed by atoms with Crippen molar-refractivity contribution in [2.75, 3.05) is 20.2 Å². The Balaban J connectivity index is 1.36. The van der Waals surface area contributed by atoms with E-state index in [4.69, 9.17) is 9.72 Å². The lowest BCUT2D eigenvalue weighted by atomic mass is 10.1. The van der Waals surface area contributed by atoms with Crippen LogP contribution in [-0.4, -0.2) is 51.8 Å². The van der Waals surface area contributed by atoms with Gasteiger partial charge >= 0.3 is 0 Å². The first kappa shape index (κ1) is 22.1. The summed E-state index contributed by atoms with van der Waals surface area (Å²) < 4.78 is 5.33. The van der Waals surface area contributed by atoms with Gasteiger partial charge in [0.05, 0.1) is 18.8 Å². The Bertz CT molecular complexity index is 1210. The van der Waals surface area contributed by atoms with Gasteiger partial charge in [-0.1, -0.05) is 24.3 Å². The van der Waals surface area contributed by atoms with Crippen LogP contribution in [0.2, 0.25) is 0 Å². The van der Waals surface area contributed by atoms with Crippen LogP contribution in [0.5, 0.6) is 5.75 Å². The highest BCUT2D eigenvalue weighted by Gasteiger charge is 2.32. The summed E-state index contributed by atoms with van der Waals surface area (Å²) in [5, 5.41) is 0. The lowest BCUT2D eigenvalue weighted by molar-refractivity contribution is -0.128. The molecule has 0 spiro atoms. The molecule has 0 saturated carbocycles. The standard InChI is InChI=1S/C27H28N4O3/c1-34-22-9-3-7-20(17-22)26-28-13-12-23(29-26)24-10-4-15-31(24)27(33)21-8-2-6-19(16-21)18-30-14-5-11-25(30)32/h2-3,6-9,12-13,16-17,24H,4-5,10-11,14-15,18H2,1H3/t24-/m0/s1. The van der Waals surface area contributed by atoms with Gasteiger partial charge in [-0.05, 0) is 55.2 Å². The summed E-state index contributed by atoms with van der Waals surface area (Å²) in [6.45, 7) is 2.03. The maximum atomic E-state index is 13.5. The molecule has 5 rings (SSSR count). The smallest absolute Gasteiger partial charge is 0.254 e. The van der Waals surface area contributed by atoms with Crippen LogP contribution in [0, 0.1) is 0 Å². The summed E-state index contributed by atoms with van der Waals surface area (Å²) in [5.41, 5.74) is 3.36. The molecule has 0 aliphatic carbocycles. The van der Waals surface area contributed by atoms with Crippen molar-refractivity contribution in [1.82, 2.24) is 19.8 Å². The topological polar surface area (TPSA) is 75.6 Å². The predicted molar refractivity (Wildman–Crippen MR) is 128 cm³/mol. The number of benzene rings is 2. The van der Waals surface area contributed by atoms with Gasteiger partial charge in [-0.15, -0.1) is 0 Å². The molecule has 0 radical (unpaired) electrons. The van der Waals surface area contributed by atoms with Crippen molar-refractivity contribution in [3.63, 3.8) is 0 Å². The van der Waals surface area contributed by atoms with Crippen LogP contribution in [0.15, 0.2) is 60.8 Å². The highest BCUT2D eigenvalue weighted by Crippen LogP contribution is 2.33. The number of likely N-dealkylation sites (tertiary alicyclic amines) is 2. The molecule has 0 N–H and O–H groups in total. The third-order valence-electron chi connectivity index (χ3n) is 6.58. The fourth-order valence-corrected chi connectivity index (χ4v) is 4.84. The summed E-state index contributed by atoms with van der Waals surface area (Å²) in [4.78, 5) is 38.6. The van der Waals surface area contributed by atoms with Crippen LogP contribution in [0.3, 0.4) is 0 Å². The van der Waals surface area contributed by atoms with E-state index in [1.807, 2.05) is 64.4 Å². The molecule has 1 atom stereocenters. The van der Waals surface area contributed by atoms with E-state index in [2.05, 4.69) is 4.98 Å². The largest absolute Gasteiger partial charge is 0.497 e.